The first kappa shape index (κ1) is 13.8. The maximum Gasteiger partial charge on any atom is 0.0113 e. The lowest BCUT2D eigenvalue weighted by Gasteiger charge is -2.37. The van der Waals surface area contributed by atoms with Crippen LogP contribution in [0.3, 0.4) is 0 Å². The molecule has 3 rings (SSSR count). The van der Waals surface area contributed by atoms with Crippen LogP contribution in [-0.2, 0) is 0 Å². The number of hydrogen-bond donors (Lipinski definition) is 0. The highest BCUT2D eigenvalue weighted by Crippen LogP contribution is 2.52. The zero-order valence-electron chi connectivity index (χ0n) is 13.2. The standard InChI is InChI=1S/C16H31N3.2H2/c1-12(2)18-7-5-17(6-8-18)9-14-15-10-19(13(3)4)11-16(14)15;;/h12-16H,5-11H2,1-4H3;2*1H. The van der Waals surface area contributed by atoms with Crippen LogP contribution in [0.15, 0.2) is 0 Å². The Labute approximate surface area is 121 Å². The average Bonchev–Trinajstić information content (AvgIpc) is 2.84. The summed E-state index contributed by atoms with van der Waals surface area (Å²) in [6, 6.07) is 1.48. The van der Waals surface area contributed by atoms with E-state index < -0.39 is 0 Å². The van der Waals surface area contributed by atoms with Crippen molar-refractivity contribution in [1.29, 1.82) is 0 Å². The number of piperidine rings is 1. The van der Waals surface area contributed by atoms with Gasteiger partial charge in [0.1, 0.15) is 0 Å². The number of fused-ring (bicyclic) bond motifs is 1. The van der Waals surface area contributed by atoms with Crippen molar-refractivity contribution in [2.75, 3.05) is 45.8 Å². The second kappa shape index (κ2) is 5.34. The van der Waals surface area contributed by atoms with E-state index in [1.807, 2.05) is 0 Å². The van der Waals surface area contributed by atoms with Crippen LogP contribution in [0.2, 0.25) is 0 Å². The number of hydrogen-bond acceptors (Lipinski definition) is 3. The van der Waals surface area contributed by atoms with Crippen molar-refractivity contribution in [3.05, 3.63) is 0 Å². The molecule has 0 aromatic carbocycles. The Morgan fingerprint density at radius 3 is 1.84 bits per heavy atom. The molecule has 19 heavy (non-hydrogen) atoms. The highest BCUT2D eigenvalue weighted by atomic mass is 15.3. The van der Waals surface area contributed by atoms with E-state index in [0.717, 1.165) is 29.8 Å². The second-order valence-corrected chi connectivity index (χ2v) is 7.47. The summed E-state index contributed by atoms with van der Waals surface area (Å²) < 4.78 is 0. The number of nitrogens with zero attached hydrogens (tertiary/aromatic N) is 3. The normalized spacial score (nSPS) is 37.3. The van der Waals surface area contributed by atoms with Crippen LogP contribution < -0.4 is 0 Å². The molecule has 2 atom stereocenters. The first-order valence-corrected chi connectivity index (χ1v) is 8.26. The number of likely N-dealkylation sites (tertiary alicyclic amines) is 1. The van der Waals surface area contributed by atoms with Gasteiger partial charge in [0.05, 0.1) is 0 Å². The maximum atomic E-state index is 2.72. The minimum Gasteiger partial charge on any atom is -0.300 e. The second-order valence-electron chi connectivity index (χ2n) is 7.47. The third-order valence-electron chi connectivity index (χ3n) is 5.74. The summed E-state index contributed by atoms with van der Waals surface area (Å²) in [6.07, 6.45) is 0. The van der Waals surface area contributed by atoms with E-state index >= 15 is 0 Å². The molecule has 0 aromatic heterocycles. The summed E-state index contributed by atoms with van der Waals surface area (Å²) in [7, 11) is 0. The highest BCUT2D eigenvalue weighted by Gasteiger charge is 2.55. The molecule has 3 fully saturated rings. The smallest absolute Gasteiger partial charge is 0.0113 e. The third-order valence-corrected chi connectivity index (χ3v) is 5.74. The molecule has 2 saturated heterocycles. The van der Waals surface area contributed by atoms with Gasteiger partial charge in [0, 0.05) is 60.8 Å². The molecular formula is C16H35N3. The van der Waals surface area contributed by atoms with Crippen LogP contribution in [0.25, 0.3) is 0 Å². The van der Waals surface area contributed by atoms with Gasteiger partial charge in [-0.05, 0) is 45.4 Å². The minimum atomic E-state index is 0. The van der Waals surface area contributed by atoms with E-state index in [2.05, 4.69) is 42.4 Å². The Morgan fingerprint density at radius 2 is 1.37 bits per heavy atom. The lowest BCUT2D eigenvalue weighted by Crippen LogP contribution is -2.49. The molecule has 0 radical (unpaired) electrons. The molecule has 0 spiro atoms. The van der Waals surface area contributed by atoms with Crippen molar-refractivity contribution in [2.24, 2.45) is 17.8 Å². The molecule has 0 aromatic rings. The summed E-state index contributed by atoms with van der Waals surface area (Å²) in [6.45, 7) is 18.6. The van der Waals surface area contributed by atoms with Gasteiger partial charge in [-0.3, -0.25) is 4.90 Å². The lowest BCUT2D eigenvalue weighted by atomic mass is 10.2. The molecule has 2 heterocycles. The van der Waals surface area contributed by atoms with Crippen LogP contribution in [0.1, 0.15) is 30.5 Å². The molecule has 0 amide bonds. The van der Waals surface area contributed by atoms with Crippen LogP contribution in [-0.4, -0.2) is 72.6 Å². The van der Waals surface area contributed by atoms with Crippen LogP contribution >= 0.6 is 0 Å². The first-order chi connectivity index (χ1) is 9.06. The molecule has 3 heteroatoms. The van der Waals surface area contributed by atoms with E-state index in [-0.39, 0.29) is 2.85 Å². The van der Waals surface area contributed by atoms with Gasteiger partial charge in [0.15, 0.2) is 0 Å². The molecule has 2 unspecified atom stereocenters. The molecule has 3 nitrogen and oxygen atoms in total. The molecule has 0 N–H and O–H groups in total. The topological polar surface area (TPSA) is 9.72 Å². The molecule has 0 bridgehead atoms. The molecular weight excluding hydrogens is 234 g/mol. The molecule has 1 saturated carbocycles. The van der Waals surface area contributed by atoms with E-state index in [4.69, 9.17) is 0 Å². The summed E-state index contributed by atoms with van der Waals surface area (Å²) in [4.78, 5) is 8.01. The van der Waals surface area contributed by atoms with Crippen LogP contribution in [0.5, 0.6) is 0 Å². The lowest BCUT2D eigenvalue weighted by molar-refractivity contribution is 0.0995. The Hall–Kier alpha value is -0.120. The van der Waals surface area contributed by atoms with Gasteiger partial charge in [-0.1, -0.05) is 0 Å². The van der Waals surface area contributed by atoms with Crippen molar-refractivity contribution in [3.8, 4) is 0 Å². The molecule has 114 valence electrons. The summed E-state index contributed by atoms with van der Waals surface area (Å²) in [5.41, 5.74) is 0. The van der Waals surface area contributed by atoms with E-state index in [1.165, 1.54) is 45.8 Å². The van der Waals surface area contributed by atoms with Crippen LogP contribution in [0.4, 0.5) is 0 Å². The predicted octanol–water partition coefficient (Wildman–Crippen LogP) is 2.09. The van der Waals surface area contributed by atoms with Crippen molar-refractivity contribution in [2.45, 2.75) is 39.8 Å². The van der Waals surface area contributed by atoms with E-state index in [1.54, 1.807) is 0 Å². The Bertz CT molecular complexity index is 299. The highest BCUT2D eigenvalue weighted by molar-refractivity contribution is 5.06. The van der Waals surface area contributed by atoms with Crippen molar-refractivity contribution < 1.29 is 2.85 Å². The van der Waals surface area contributed by atoms with Gasteiger partial charge >= 0.3 is 0 Å². The predicted molar refractivity (Wildman–Crippen MR) is 84.6 cm³/mol. The van der Waals surface area contributed by atoms with Gasteiger partial charge in [0.2, 0.25) is 0 Å². The largest absolute Gasteiger partial charge is 0.300 e. The zero-order chi connectivity index (χ0) is 13.6. The summed E-state index contributed by atoms with van der Waals surface area (Å²) >= 11 is 0. The Kier molecular flexibility index (Phi) is 3.89. The SMILES string of the molecule is CC(C)N1CCN(CC2C3CN(C(C)C)CC23)CC1.[HH].[HH]. The number of piperazine rings is 1. The first-order valence-electron chi connectivity index (χ1n) is 8.26. The van der Waals surface area contributed by atoms with Gasteiger partial charge in [0.25, 0.3) is 0 Å². The Balaban J connectivity index is 0.00000110. The zero-order valence-corrected chi connectivity index (χ0v) is 13.2. The van der Waals surface area contributed by atoms with Gasteiger partial charge in [-0.25, -0.2) is 0 Å². The van der Waals surface area contributed by atoms with Gasteiger partial charge in [-0.2, -0.15) is 0 Å². The van der Waals surface area contributed by atoms with Crippen molar-refractivity contribution >= 4 is 0 Å². The van der Waals surface area contributed by atoms with Crippen molar-refractivity contribution in [3.63, 3.8) is 0 Å². The number of rotatable bonds is 4. The van der Waals surface area contributed by atoms with Gasteiger partial charge < -0.3 is 9.80 Å². The molecule has 2 aliphatic heterocycles. The fraction of sp³-hybridized carbons (Fsp3) is 1.00. The minimum absolute atomic E-state index is 0. The maximum absolute atomic E-state index is 2.72. The summed E-state index contributed by atoms with van der Waals surface area (Å²) in [5, 5.41) is 0. The van der Waals surface area contributed by atoms with Crippen molar-refractivity contribution in [1.82, 2.24) is 14.7 Å². The third kappa shape index (κ3) is 2.84. The fourth-order valence-corrected chi connectivity index (χ4v) is 4.13. The fourth-order valence-electron chi connectivity index (χ4n) is 4.13. The van der Waals surface area contributed by atoms with E-state index in [9.17, 15) is 0 Å². The van der Waals surface area contributed by atoms with E-state index in [0.29, 0.717) is 0 Å². The van der Waals surface area contributed by atoms with Crippen LogP contribution in [0, 0.1) is 17.8 Å². The van der Waals surface area contributed by atoms with Gasteiger partial charge in [-0.15, -0.1) is 0 Å². The monoisotopic (exact) mass is 269 g/mol. The summed E-state index contributed by atoms with van der Waals surface area (Å²) in [5.74, 6) is 3.09. The molecule has 3 aliphatic rings. The molecule has 1 aliphatic carbocycles. The quantitative estimate of drug-likeness (QED) is 0.774. The Morgan fingerprint density at radius 1 is 0.842 bits per heavy atom. The average molecular weight is 269 g/mol.